The second-order valence-electron chi connectivity index (χ2n) is 5.74. The van der Waals surface area contributed by atoms with Crippen molar-refractivity contribution in [1.82, 2.24) is 0 Å². The summed E-state index contributed by atoms with van der Waals surface area (Å²) in [5, 5.41) is 0. The predicted molar refractivity (Wildman–Crippen MR) is 82.9 cm³/mol. The molecule has 0 atom stereocenters. The molecule has 21 heavy (non-hydrogen) atoms. The van der Waals surface area contributed by atoms with Gasteiger partial charge >= 0.3 is 0 Å². The number of sulfone groups is 1. The lowest BCUT2D eigenvalue weighted by atomic mass is 10.2. The van der Waals surface area contributed by atoms with Gasteiger partial charge in [0.15, 0.2) is 9.84 Å². The van der Waals surface area contributed by atoms with Crippen molar-refractivity contribution < 1.29 is 17.9 Å². The van der Waals surface area contributed by atoms with Gasteiger partial charge in [-0.1, -0.05) is 12.1 Å². The lowest BCUT2D eigenvalue weighted by molar-refractivity contribution is -0.0329. The quantitative estimate of drug-likeness (QED) is 0.739. The van der Waals surface area contributed by atoms with Crippen molar-refractivity contribution in [3.8, 4) is 0 Å². The van der Waals surface area contributed by atoms with Crippen LogP contribution in [-0.2, 0) is 25.9 Å². The highest BCUT2D eigenvalue weighted by molar-refractivity contribution is 7.91. The summed E-state index contributed by atoms with van der Waals surface area (Å²) in [4.78, 5) is 0.292. The third-order valence-electron chi connectivity index (χ3n) is 2.75. The van der Waals surface area contributed by atoms with Crippen molar-refractivity contribution in [2.45, 2.75) is 37.8 Å². The van der Waals surface area contributed by atoms with E-state index in [1.807, 2.05) is 20.8 Å². The monoisotopic (exact) mass is 315 g/mol. The zero-order valence-electron chi connectivity index (χ0n) is 13.0. The molecule has 0 amide bonds. The molecule has 0 fully saturated rings. The summed E-state index contributed by atoms with van der Waals surface area (Å²) in [7, 11) is -3.33. The first-order chi connectivity index (χ1) is 9.74. The van der Waals surface area contributed by atoms with E-state index in [9.17, 15) is 8.42 Å². The Kier molecular flexibility index (Phi) is 6.80. The average molecular weight is 315 g/mol. The molecule has 0 bridgehead atoms. The van der Waals surface area contributed by atoms with Gasteiger partial charge in [0.2, 0.25) is 0 Å². The molecule has 120 valence electrons. The Hall–Kier alpha value is -0.950. The molecule has 0 aromatic heterocycles. The van der Waals surface area contributed by atoms with E-state index in [1.54, 1.807) is 24.3 Å². The van der Waals surface area contributed by atoms with Crippen LogP contribution in [-0.4, -0.2) is 39.6 Å². The minimum Gasteiger partial charge on any atom is -0.378 e. The molecule has 1 aromatic carbocycles. The third kappa shape index (κ3) is 7.04. The third-order valence-corrected chi connectivity index (χ3v) is 4.43. The molecule has 0 spiro atoms. The first kappa shape index (κ1) is 18.1. The van der Waals surface area contributed by atoms with Crippen molar-refractivity contribution in [3.05, 3.63) is 29.8 Å². The first-order valence-electron chi connectivity index (χ1n) is 6.98. The standard InChI is InChI=1S/C15H25NO4S/c1-15(2,3)20-8-7-19-9-10-21(17,18)14-6-4-5-13(11-14)12-16/h4-6,11H,7-10,12,16H2,1-3H3. The number of hydrogen-bond donors (Lipinski definition) is 1. The smallest absolute Gasteiger partial charge is 0.180 e. The highest BCUT2D eigenvalue weighted by Gasteiger charge is 2.15. The van der Waals surface area contributed by atoms with Gasteiger partial charge in [0.1, 0.15) is 0 Å². The molecule has 0 aliphatic rings. The fourth-order valence-corrected chi connectivity index (χ4v) is 2.85. The Balaban J connectivity index is 2.40. The lowest BCUT2D eigenvalue weighted by Crippen LogP contribution is -2.22. The summed E-state index contributed by atoms with van der Waals surface area (Å²) in [6.07, 6.45) is 0. The van der Waals surface area contributed by atoms with Crippen LogP contribution in [0.25, 0.3) is 0 Å². The Labute approximate surface area is 127 Å². The topological polar surface area (TPSA) is 78.6 Å². The molecular formula is C15H25NO4S. The summed E-state index contributed by atoms with van der Waals surface area (Å²) >= 11 is 0. The zero-order chi connectivity index (χ0) is 15.9. The van der Waals surface area contributed by atoms with Gasteiger partial charge in [-0.15, -0.1) is 0 Å². The lowest BCUT2D eigenvalue weighted by Gasteiger charge is -2.19. The van der Waals surface area contributed by atoms with Gasteiger partial charge in [-0.2, -0.15) is 0 Å². The molecule has 0 saturated carbocycles. The molecule has 0 unspecified atom stereocenters. The van der Waals surface area contributed by atoms with Gasteiger partial charge in [-0.05, 0) is 38.5 Å². The molecule has 0 heterocycles. The van der Waals surface area contributed by atoms with Gasteiger partial charge in [-0.25, -0.2) is 8.42 Å². The highest BCUT2D eigenvalue weighted by atomic mass is 32.2. The molecule has 5 nitrogen and oxygen atoms in total. The molecule has 1 aromatic rings. The molecule has 0 saturated heterocycles. The Morgan fingerprint density at radius 3 is 2.48 bits per heavy atom. The summed E-state index contributed by atoms with van der Waals surface area (Å²) in [6, 6.07) is 6.70. The second kappa shape index (κ2) is 7.89. The van der Waals surface area contributed by atoms with E-state index >= 15 is 0 Å². The molecule has 6 heteroatoms. The maximum atomic E-state index is 12.1. The Morgan fingerprint density at radius 2 is 1.86 bits per heavy atom. The molecule has 0 radical (unpaired) electrons. The Morgan fingerprint density at radius 1 is 1.14 bits per heavy atom. The maximum absolute atomic E-state index is 12.1. The van der Waals surface area contributed by atoms with Crippen LogP contribution < -0.4 is 5.73 Å². The van der Waals surface area contributed by atoms with E-state index in [0.29, 0.717) is 24.7 Å². The van der Waals surface area contributed by atoms with Crippen LogP contribution in [0.2, 0.25) is 0 Å². The van der Waals surface area contributed by atoms with Crippen LogP contribution in [0.3, 0.4) is 0 Å². The van der Waals surface area contributed by atoms with Crippen molar-refractivity contribution in [2.75, 3.05) is 25.6 Å². The van der Waals surface area contributed by atoms with E-state index in [1.165, 1.54) is 0 Å². The number of rotatable bonds is 8. The van der Waals surface area contributed by atoms with E-state index in [0.717, 1.165) is 5.56 Å². The van der Waals surface area contributed by atoms with Crippen molar-refractivity contribution in [2.24, 2.45) is 5.73 Å². The summed E-state index contributed by atoms with van der Waals surface area (Å²) in [5.41, 5.74) is 6.11. The molecule has 0 aliphatic carbocycles. The average Bonchev–Trinajstić information content (AvgIpc) is 2.41. The van der Waals surface area contributed by atoms with Crippen LogP contribution in [0.4, 0.5) is 0 Å². The van der Waals surface area contributed by atoms with E-state index in [2.05, 4.69) is 0 Å². The van der Waals surface area contributed by atoms with E-state index in [-0.39, 0.29) is 18.0 Å². The fraction of sp³-hybridized carbons (Fsp3) is 0.600. The molecule has 0 aliphatic heterocycles. The van der Waals surface area contributed by atoms with Crippen molar-refractivity contribution in [3.63, 3.8) is 0 Å². The van der Waals surface area contributed by atoms with E-state index in [4.69, 9.17) is 15.2 Å². The number of ether oxygens (including phenoxy) is 2. The number of nitrogens with two attached hydrogens (primary N) is 1. The molecule has 1 rings (SSSR count). The van der Waals surface area contributed by atoms with Gasteiger partial charge in [0.25, 0.3) is 0 Å². The van der Waals surface area contributed by atoms with Crippen LogP contribution in [0.5, 0.6) is 0 Å². The van der Waals surface area contributed by atoms with Gasteiger partial charge in [0, 0.05) is 6.54 Å². The summed E-state index contributed by atoms with van der Waals surface area (Å²) in [5.74, 6) is -0.0451. The van der Waals surface area contributed by atoms with E-state index < -0.39 is 9.84 Å². The second-order valence-corrected chi connectivity index (χ2v) is 7.85. The zero-order valence-corrected chi connectivity index (χ0v) is 13.8. The minimum atomic E-state index is -3.33. The molecule has 2 N–H and O–H groups in total. The predicted octanol–water partition coefficient (Wildman–Crippen LogP) is 1.75. The first-order valence-corrected chi connectivity index (χ1v) is 8.63. The largest absolute Gasteiger partial charge is 0.378 e. The molecular weight excluding hydrogens is 290 g/mol. The minimum absolute atomic E-state index is 0.0451. The van der Waals surface area contributed by atoms with Crippen molar-refractivity contribution >= 4 is 9.84 Å². The normalized spacial score (nSPS) is 12.6. The fourth-order valence-electron chi connectivity index (χ4n) is 1.66. The highest BCUT2D eigenvalue weighted by Crippen LogP contribution is 2.13. The maximum Gasteiger partial charge on any atom is 0.180 e. The van der Waals surface area contributed by atoms with Crippen LogP contribution in [0, 0.1) is 0 Å². The van der Waals surface area contributed by atoms with Crippen molar-refractivity contribution in [1.29, 1.82) is 0 Å². The summed E-state index contributed by atoms with van der Waals surface area (Å²) in [6.45, 7) is 7.19. The number of hydrogen-bond acceptors (Lipinski definition) is 5. The van der Waals surface area contributed by atoms with Crippen LogP contribution in [0.1, 0.15) is 26.3 Å². The summed E-state index contributed by atoms with van der Waals surface area (Å²) < 4.78 is 35.1. The van der Waals surface area contributed by atoms with Crippen LogP contribution in [0.15, 0.2) is 29.2 Å². The SMILES string of the molecule is CC(C)(C)OCCOCCS(=O)(=O)c1cccc(CN)c1. The Bertz CT molecular complexity index is 535. The van der Waals surface area contributed by atoms with Gasteiger partial charge in [-0.3, -0.25) is 0 Å². The van der Waals surface area contributed by atoms with Gasteiger partial charge < -0.3 is 15.2 Å². The van der Waals surface area contributed by atoms with Crippen LogP contribution >= 0.6 is 0 Å². The number of benzene rings is 1. The van der Waals surface area contributed by atoms with Gasteiger partial charge in [0.05, 0.1) is 36.1 Å².